The van der Waals surface area contributed by atoms with Crippen LogP contribution in [0.2, 0.25) is 0 Å². The highest BCUT2D eigenvalue weighted by atomic mass is 32.2. The molecule has 1 aromatic rings. The lowest BCUT2D eigenvalue weighted by atomic mass is 10.2. The molecule has 8 nitrogen and oxygen atoms in total. The Hall–Kier alpha value is -1.90. The Bertz CT molecular complexity index is 477. The number of carboxylic acids is 1. The fourth-order valence-corrected chi connectivity index (χ4v) is 1.70. The number of aliphatic carboxylic acids is 1. The smallest absolute Gasteiger partial charge is 0.326 e. The molecule has 112 valence electrons. The summed E-state index contributed by atoms with van der Waals surface area (Å²) in [5.41, 5.74) is 0.612. The number of hydrogen-bond acceptors (Lipinski definition) is 4. The van der Waals surface area contributed by atoms with E-state index < -0.39 is 28.8 Å². The molecule has 0 aromatic carbocycles. The largest absolute Gasteiger partial charge is 0.480 e. The van der Waals surface area contributed by atoms with Gasteiger partial charge in [0.25, 0.3) is 0 Å². The molecule has 2 unspecified atom stereocenters. The van der Waals surface area contributed by atoms with Crippen LogP contribution in [0.4, 0.5) is 4.79 Å². The minimum absolute atomic E-state index is 0.109. The molecule has 1 aromatic heterocycles. The van der Waals surface area contributed by atoms with Crippen molar-refractivity contribution >= 4 is 22.8 Å². The Balaban J connectivity index is 2.47. The molecule has 0 radical (unpaired) electrons. The van der Waals surface area contributed by atoms with E-state index in [-0.39, 0.29) is 18.2 Å². The topological polar surface area (TPSA) is 124 Å². The molecule has 0 saturated heterocycles. The lowest BCUT2D eigenvalue weighted by Gasteiger charge is -2.15. The highest BCUT2D eigenvalue weighted by Gasteiger charge is 2.21. The van der Waals surface area contributed by atoms with E-state index in [1.165, 1.54) is 12.5 Å². The zero-order valence-electron chi connectivity index (χ0n) is 11.3. The van der Waals surface area contributed by atoms with E-state index in [0.717, 1.165) is 0 Å². The zero-order valence-corrected chi connectivity index (χ0v) is 12.1. The number of urea groups is 1. The van der Waals surface area contributed by atoms with Gasteiger partial charge in [-0.15, -0.1) is 0 Å². The molecule has 1 rings (SSSR count). The number of hydrogen-bond donors (Lipinski definition) is 4. The van der Waals surface area contributed by atoms with Crippen LogP contribution < -0.4 is 10.6 Å². The standard InChI is InChI=1S/C11H18N4O4S/c1-7(20(2)19)4-13-11(18)15-9(10(16)17)3-8-5-12-6-14-8/h5-7,9H,3-4H2,1-2H3,(H,12,14)(H,16,17)(H2,13,15,18)/t7?,9-,20?/m1/s1. The van der Waals surface area contributed by atoms with Gasteiger partial charge in [-0.3, -0.25) is 4.21 Å². The highest BCUT2D eigenvalue weighted by Crippen LogP contribution is 1.99. The number of carbonyl (C=O) groups excluding carboxylic acids is 1. The van der Waals surface area contributed by atoms with Crippen molar-refractivity contribution in [2.24, 2.45) is 0 Å². The summed E-state index contributed by atoms with van der Waals surface area (Å²) in [7, 11) is -1.05. The molecular formula is C11H18N4O4S. The Labute approximate surface area is 118 Å². The normalized spacial score (nSPS) is 15.1. The Kier molecular flexibility index (Phi) is 6.16. The first-order chi connectivity index (χ1) is 9.40. The molecule has 0 aliphatic carbocycles. The quantitative estimate of drug-likeness (QED) is 0.539. The van der Waals surface area contributed by atoms with Crippen LogP contribution >= 0.6 is 0 Å². The Morgan fingerprint density at radius 2 is 2.25 bits per heavy atom. The summed E-state index contributed by atoms with van der Waals surface area (Å²) in [5, 5.41) is 13.7. The average molecular weight is 302 g/mol. The molecule has 0 fully saturated rings. The SMILES string of the molecule is CC(CNC(=O)N[C@H](Cc1cnc[nH]1)C(=O)O)S(C)=O. The van der Waals surface area contributed by atoms with E-state index in [1.807, 2.05) is 0 Å². The summed E-state index contributed by atoms with van der Waals surface area (Å²) in [4.78, 5) is 29.2. The van der Waals surface area contributed by atoms with Crippen LogP contribution in [0, 0.1) is 0 Å². The number of carbonyl (C=O) groups is 2. The van der Waals surface area contributed by atoms with Gasteiger partial charge in [0.2, 0.25) is 0 Å². The zero-order chi connectivity index (χ0) is 15.1. The predicted octanol–water partition coefficient (Wildman–Crippen LogP) is -0.528. The minimum Gasteiger partial charge on any atom is -0.480 e. The van der Waals surface area contributed by atoms with Gasteiger partial charge in [0.1, 0.15) is 6.04 Å². The van der Waals surface area contributed by atoms with Gasteiger partial charge in [-0.05, 0) is 6.92 Å². The molecule has 4 N–H and O–H groups in total. The molecule has 0 aliphatic heterocycles. The van der Waals surface area contributed by atoms with E-state index in [2.05, 4.69) is 20.6 Å². The van der Waals surface area contributed by atoms with Crippen LogP contribution in [0.25, 0.3) is 0 Å². The van der Waals surface area contributed by atoms with Crippen molar-refractivity contribution in [3.63, 3.8) is 0 Å². The van der Waals surface area contributed by atoms with Gasteiger partial charge in [0, 0.05) is 47.2 Å². The lowest BCUT2D eigenvalue weighted by Crippen LogP contribution is -2.48. The molecule has 2 amide bonds. The van der Waals surface area contributed by atoms with Gasteiger partial charge in [0.05, 0.1) is 6.33 Å². The minimum atomic E-state index is -1.14. The van der Waals surface area contributed by atoms with E-state index in [0.29, 0.717) is 5.69 Å². The molecule has 20 heavy (non-hydrogen) atoms. The van der Waals surface area contributed by atoms with Crippen LogP contribution in [-0.2, 0) is 22.0 Å². The number of imidazole rings is 1. The first-order valence-corrected chi connectivity index (χ1v) is 7.59. The second-order valence-electron chi connectivity index (χ2n) is 4.34. The predicted molar refractivity (Wildman–Crippen MR) is 73.8 cm³/mol. The van der Waals surface area contributed by atoms with Crippen LogP contribution in [0.15, 0.2) is 12.5 Å². The van der Waals surface area contributed by atoms with Crippen molar-refractivity contribution in [2.45, 2.75) is 24.6 Å². The first-order valence-electron chi connectivity index (χ1n) is 5.96. The third-order valence-corrected chi connectivity index (χ3v) is 4.00. The lowest BCUT2D eigenvalue weighted by molar-refractivity contribution is -0.139. The van der Waals surface area contributed by atoms with Crippen molar-refractivity contribution in [3.05, 3.63) is 18.2 Å². The van der Waals surface area contributed by atoms with Crippen LogP contribution in [0.5, 0.6) is 0 Å². The molecule has 3 atom stereocenters. The Morgan fingerprint density at radius 3 is 2.75 bits per heavy atom. The molecule has 0 aliphatic rings. The number of rotatable bonds is 7. The van der Waals surface area contributed by atoms with Crippen LogP contribution in [0.3, 0.4) is 0 Å². The molecule has 1 heterocycles. The number of nitrogens with zero attached hydrogens (tertiary/aromatic N) is 1. The number of aromatic nitrogens is 2. The summed E-state index contributed by atoms with van der Waals surface area (Å²) >= 11 is 0. The fourth-order valence-electron chi connectivity index (χ4n) is 1.38. The average Bonchev–Trinajstić information content (AvgIpc) is 2.87. The molecular weight excluding hydrogens is 284 g/mol. The summed E-state index contributed by atoms with van der Waals surface area (Å²) in [6.07, 6.45) is 4.59. The van der Waals surface area contributed by atoms with Gasteiger partial charge in [-0.2, -0.15) is 0 Å². The second kappa shape index (κ2) is 7.63. The maximum absolute atomic E-state index is 11.6. The van der Waals surface area contributed by atoms with Gasteiger partial charge in [0.15, 0.2) is 0 Å². The number of H-pyrrole nitrogens is 1. The molecule has 9 heteroatoms. The maximum Gasteiger partial charge on any atom is 0.326 e. The molecule has 0 bridgehead atoms. The van der Waals surface area contributed by atoms with Crippen molar-refractivity contribution in [1.82, 2.24) is 20.6 Å². The van der Waals surface area contributed by atoms with E-state index in [9.17, 15) is 13.8 Å². The summed E-state index contributed by atoms with van der Waals surface area (Å²) < 4.78 is 11.1. The number of aromatic amines is 1. The Morgan fingerprint density at radius 1 is 1.55 bits per heavy atom. The summed E-state index contributed by atoms with van der Waals surface area (Å²) in [6.45, 7) is 1.95. The summed E-state index contributed by atoms with van der Waals surface area (Å²) in [5.74, 6) is -1.14. The second-order valence-corrected chi connectivity index (χ2v) is 6.14. The molecule has 0 spiro atoms. The third-order valence-electron chi connectivity index (χ3n) is 2.70. The third kappa shape index (κ3) is 5.39. The maximum atomic E-state index is 11.6. The number of carboxylic acid groups (broad SMARTS) is 1. The first kappa shape index (κ1) is 16.2. The monoisotopic (exact) mass is 302 g/mol. The molecule has 0 saturated carbocycles. The highest BCUT2D eigenvalue weighted by molar-refractivity contribution is 7.84. The van der Waals surface area contributed by atoms with Crippen molar-refractivity contribution < 1.29 is 18.9 Å². The van der Waals surface area contributed by atoms with Crippen molar-refractivity contribution in [2.75, 3.05) is 12.8 Å². The van der Waals surface area contributed by atoms with E-state index in [1.54, 1.807) is 13.2 Å². The van der Waals surface area contributed by atoms with Crippen molar-refractivity contribution in [3.8, 4) is 0 Å². The number of nitrogens with one attached hydrogen (secondary N) is 3. The van der Waals surface area contributed by atoms with Crippen LogP contribution in [-0.4, -0.2) is 55.4 Å². The van der Waals surface area contributed by atoms with Crippen LogP contribution in [0.1, 0.15) is 12.6 Å². The van der Waals surface area contributed by atoms with E-state index in [4.69, 9.17) is 5.11 Å². The van der Waals surface area contributed by atoms with Gasteiger partial charge < -0.3 is 20.7 Å². The summed E-state index contributed by atoms with van der Waals surface area (Å²) in [6, 6.07) is -1.66. The number of amides is 2. The van der Waals surface area contributed by atoms with Gasteiger partial charge in [-0.25, -0.2) is 14.6 Å². The van der Waals surface area contributed by atoms with E-state index >= 15 is 0 Å². The van der Waals surface area contributed by atoms with Crippen molar-refractivity contribution in [1.29, 1.82) is 0 Å². The fraction of sp³-hybridized carbons (Fsp3) is 0.545. The van der Waals surface area contributed by atoms with Gasteiger partial charge in [-0.1, -0.05) is 0 Å². The van der Waals surface area contributed by atoms with Gasteiger partial charge >= 0.3 is 12.0 Å².